The standard InChI is InChI=1S/C14H20O2/c1-10(2)9-13-5-7-14(8-6-13)11(3)16-12(4)15/h5-8,10-11H,9H2,1-4H3. The Morgan fingerprint density at radius 1 is 1.19 bits per heavy atom. The van der Waals surface area contributed by atoms with Crippen LogP contribution in [0, 0.1) is 5.92 Å². The van der Waals surface area contributed by atoms with Crippen LogP contribution in [0.25, 0.3) is 0 Å². The fourth-order valence-corrected chi connectivity index (χ4v) is 1.71. The second-order valence-electron chi connectivity index (χ2n) is 4.59. The molecule has 0 radical (unpaired) electrons. The Morgan fingerprint density at radius 3 is 2.19 bits per heavy atom. The summed E-state index contributed by atoms with van der Waals surface area (Å²) in [5.74, 6) is 0.426. The van der Waals surface area contributed by atoms with Crippen molar-refractivity contribution in [2.24, 2.45) is 5.92 Å². The van der Waals surface area contributed by atoms with Crippen LogP contribution in [0.3, 0.4) is 0 Å². The average Bonchev–Trinajstić information content (AvgIpc) is 2.16. The van der Waals surface area contributed by atoms with Crippen LogP contribution in [0.1, 0.15) is 44.9 Å². The van der Waals surface area contributed by atoms with Crippen molar-refractivity contribution in [2.45, 2.75) is 40.2 Å². The van der Waals surface area contributed by atoms with E-state index in [4.69, 9.17) is 4.74 Å². The molecule has 0 N–H and O–H groups in total. The molecule has 88 valence electrons. The lowest BCUT2D eigenvalue weighted by Crippen LogP contribution is -2.05. The fourth-order valence-electron chi connectivity index (χ4n) is 1.71. The highest BCUT2D eigenvalue weighted by molar-refractivity contribution is 5.66. The maximum Gasteiger partial charge on any atom is 0.303 e. The van der Waals surface area contributed by atoms with E-state index in [1.165, 1.54) is 12.5 Å². The molecule has 2 nitrogen and oxygen atoms in total. The third kappa shape index (κ3) is 4.05. The van der Waals surface area contributed by atoms with Gasteiger partial charge in [-0.05, 0) is 30.4 Å². The highest BCUT2D eigenvalue weighted by Crippen LogP contribution is 2.18. The highest BCUT2D eigenvalue weighted by Gasteiger charge is 2.08. The number of esters is 1. The minimum atomic E-state index is -0.237. The Hall–Kier alpha value is -1.31. The first-order chi connectivity index (χ1) is 7.49. The first-order valence-electron chi connectivity index (χ1n) is 5.75. The third-order valence-electron chi connectivity index (χ3n) is 2.44. The summed E-state index contributed by atoms with van der Waals surface area (Å²) in [6.45, 7) is 7.73. The number of hydrogen-bond donors (Lipinski definition) is 0. The molecule has 0 amide bonds. The third-order valence-corrected chi connectivity index (χ3v) is 2.44. The maximum atomic E-state index is 10.8. The normalized spacial score (nSPS) is 12.6. The molecule has 0 aromatic heterocycles. The minimum absolute atomic E-state index is 0.161. The zero-order valence-electron chi connectivity index (χ0n) is 10.5. The van der Waals surface area contributed by atoms with Gasteiger partial charge in [0.15, 0.2) is 0 Å². The molecule has 2 heteroatoms. The zero-order chi connectivity index (χ0) is 12.1. The number of carbonyl (C=O) groups is 1. The summed E-state index contributed by atoms with van der Waals surface area (Å²) in [4.78, 5) is 10.8. The van der Waals surface area contributed by atoms with Crippen molar-refractivity contribution < 1.29 is 9.53 Å². The molecule has 0 aliphatic rings. The van der Waals surface area contributed by atoms with Crippen molar-refractivity contribution >= 4 is 5.97 Å². The summed E-state index contributed by atoms with van der Waals surface area (Å²) >= 11 is 0. The van der Waals surface area contributed by atoms with E-state index in [1.54, 1.807) is 0 Å². The second kappa shape index (κ2) is 5.69. The van der Waals surface area contributed by atoms with Gasteiger partial charge in [0, 0.05) is 6.92 Å². The molecule has 16 heavy (non-hydrogen) atoms. The molecule has 1 unspecified atom stereocenters. The number of benzene rings is 1. The summed E-state index contributed by atoms with van der Waals surface area (Å²) in [5.41, 5.74) is 2.37. The second-order valence-corrected chi connectivity index (χ2v) is 4.59. The van der Waals surface area contributed by atoms with E-state index >= 15 is 0 Å². The molecule has 0 fully saturated rings. The molecule has 0 heterocycles. The molecule has 1 rings (SSSR count). The topological polar surface area (TPSA) is 26.3 Å². The van der Waals surface area contributed by atoms with Crippen LogP contribution in [0.15, 0.2) is 24.3 Å². The van der Waals surface area contributed by atoms with Gasteiger partial charge in [-0.25, -0.2) is 0 Å². The first kappa shape index (κ1) is 12.8. The van der Waals surface area contributed by atoms with Gasteiger partial charge >= 0.3 is 5.97 Å². The van der Waals surface area contributed by atoms with Gasteiger partial charge in [0.05, 0.1) is 0 Å². The predicted molar refractivity (Wildman–Crippen MR) is 65.2 cm³/mol. The first-order valence-corrected chi connectivity index (χ1v) is 5.75. The summed E-state index contributed by atoms with van der Waals surface area (Å²) in [7, 11) is 0. The Labute approximate surface area is 97.6 Å². The molecule has 1 aromatic carbocycles. The molecule has 0 bridgehead atoms. The van der Waals surface area contributed by atoms with E-state index in [-0.39, 0.29) is 12.1 Å². The van der Waals surface area contributed by atoms with Crippen molar-refractivity contribution in [1.29, 1.82) is 0 Å². The Bertz CT molecular complexity index is 338. The number of carbonyl (C=O) groups excluding carboxylic acids is 1. The quantitative estimate of drug-likeness (QED) is 0.726. The van der Waals surface area contributed by atoms with Gasteiger partial charge in [0.2, 0.25) is 0 Å². The fraction of sp³-hybridized carbons (Fsp3) is 0.500. The highest BCUT2D eigenvalue weighted by atomic mass is 16.5. The van der Waals surface area contributed by atoms with E-state index in [0.29, 0.717) is 5.92 Å². The lowest BCUT2D eigenvalue weighted by Gasteiger charge is -2.13. The number of hydrogen-bond acceptors (Lipinski definition) is 2. The van der Waals surface area contributed by atoms with Crippen molar-refractivity contribution in [3.8, 4) is 0 Å². The van der Waals surface area contributed by atoms with Crippen molar-refractivity contribution in [2.75, 3.05) is 0 Å². The van der Waals surface area contributed by atoms with Crippen LogP contribution in [0.5, 0.6) is 0 Å². The lowest BCUT2D eigenvalue weighted by atomic mass is 10.0. The molecule has 0 aliphatic heterocycles. The minimum Gasteiger partial charge on any atom is -0.458 e. The van der Waals surface area contributed by atoms with E-state index in [0.717, 1.165) is 12.0 Å². The SMILES string of the molecule is CC(=O)OC(C)c1ccc(CC(C)C)cc1. The van der Waals surface area contributed by atoms with Crippen molar-refractivity contribution in [3.63, 3.8) is 0 Å². The van der Waals surface area contributed by atoms with Gasteiger partial charge < -0.3 is 4.74 Å². The molecule has 1 atom stereocenters. The number of rotatable bonds is 4. The van der Waals surface area contributed by atoms with Gasteiger partial charge in [-0.2, -0.15) is 0 Å². The van der Waals surface area contributed by atoms with E-state index < -0.39 is 0 Å². The van der Waals surface area contributed by atoms with Crippen molar-refractivity contribution in [3.05, 3.63) is 35.4 Å². The van der Waals surface area contributed by atoms with Crippen LogP contribution >= 0.6 is 0 Å². The molecule has 0 spiro atoms. The van der Waals surface area contributed by atoms with Crippen LogP contribution in [-0.2, 0) is 16.0 Å². The average molecular weight is 220 g/mol. The Kier molecular flexibility index (Phi) is 4.53. The summed E-state index contributed by atoms with van der Waals surface area (Å²) in [5, 5.41) is 0. The monoisotopic (exact) mass is 220 g/mol. The van der Waals surface area contributed by atoms with Crippen molar-refractivity contribution in [1.82, 2.24) is 0 Å². The molecule has 1 aromatic rings. The largest absolute Gasteiger partial charge is 0.458 e. The summed E-state index contributed by atoms with van der Waals surface area (Å²) in [6, 6.07) is 8.28. The van der Waals surface area contributed by atoms with Crippen LogP contribution in [0.4, 0.5) is 0 Å². The number of ether oxygens (including phenoxy) is 1. The van der Waals surface area contributed by atoms with Gasteiger partial charge in [0.1, 0.15) is 6.10 Å². The van der Waals surface area contributed by atoms with Gasteiger partial charge in [0.25, 0.3) is 0 Å². The van der Waals surface area contributed by atoms with Gasteiger partial charge in [-0.1, -0.05) is 38.1 Å². The molecule has 0 saturated carbocycles. The van der Waals surface area contributed by atoms with Gasteiger partial charge in [-0.3, -0.25) is 4.79 Å². The predicted octanol–water partition coefficient (Wildman–Crippen LogP) is 3.51. The maximum absolute atomic E-state index is 10.8. The molecule has 0 aliphatic carbocycles. The van der Waals surface area contributed by atoms with E-state index in [9.17, 15) is 4.79 Å². The molecular formula is C14H20O2. The summed E-state index contributed by atoms with van der Waals surface area (Å²) in [6.07, 6.45) is 0.924. The Balaban J connectivity index is 2.66. The smallest absolute Gasteiger partial charge is 0.303 e. The molecular weight excluding hydrogens is 200 g/mol. The molecule has 0 saturated heterocycles. The Morgan fingerprint density at radius 2 is 1.75 bits per heavy atom. The van der Waals surface area contributed by atoms with Crippen LogP contribution in [-0.4, -0.2) is 5.97 Å². The van der Waals surface area contributed by atoms with Gasteiger partial charge in [-0.15, -0.1) is 0 Å². The summed E-state index contributed by atoms with van der Waals surface area (Å²) < 4.78 is 5.12. The van der Waals surface area contributed by atoms with E-state index in [2.05, 4.69) is 26.0 Å². The van der Waals surface area contributed by atoms with E-state index in [1.807, 2.05) is 19.1 Å². The van der Waals surface area contributed by atoms with Crippen LogP contribution < -0.4 is 0 Å². The lowest BCUT2D eigenvalue weighted by molar-refractivity contribution is -0.145. The van der Waals surface area contributed by atoms with Crippen LogP contribution in [0.2, 0.25) is 0 Å². The zero-order valence-corrected chi connectivity index (χ0v) is 10.5.